The normalized spacial score (nSPS) is 15.6. The molecule has 1 rings (SSSR count). The fourth-order valence-corrected chi connectivity index (χ4v) is 3.88. The van der Waals surface area contributed by atoms with E-state index >= 15 is 0 Å². The van der Waals surface area contributed by atoms with Crippen LogP contribution in [-0.2, 0) is 10.8 Å². The largest absolute Gasteiger partial charge is 0.309 e. The maximum atomic E-state index is 12.5. The molecule has 0 amide bonds. The number of rotatable bonds is 10. The molecule has 1 aromatic carbocycles. The van der Waals surface area contributed by atoms with E-state index < -0.39 is 10.8 Å². The van der Waals surface area contributed by atoms with Gasteiger partial charge in [-0.25, -0.2) is 0 Å². The number of nitrogens with one attached hydrogen (secondary N) is 1. The number of hydrogen-bond acceptors (Lipinski definition) is 2. The van der Waals surface area contributed by atoms with Gasteiger partial charge in [0, 0.05) is 22.6 Å². The van der Waals surface area contributed by atoms with Crippen LogP contribution in [0.5, 0.6) is 0 Å². The molecular formula is C18H31NOS. The summed E-state index contributed by atoms with van der Waals surface area (Å²) in [5.74, 6) is 0.825. The molecule has 120 valence electrons. The van der Waals surface area contributed by atoms with E-state index in [0.29, 0.717) is 0 Å². The number of aryl methyl sites for hydroxylation is 1. The van der Waals surface area contributed by atoms with Gasteiger partial charge in [0.25, 0.3) is 0 Å². The minimum absolute atomic E-state index is 0.149. The van der Waals surface area contributed by atoms with Gasteiger partial charge in [-0.1, -0.05) is 56.5 Å². The van der Waals surface area contributed by atoms with Crippen LogP contribution in [0.3, 0.4) is 0 Å². The maximum Gasteiger partial charge on any atom is 0.0514 e. The first kappa shape index (κ1) is 18.4. The molecule has 3 unspecified atom stereocenters. The highest BCUT2D eigenvalue weighted by Gasteiger charge is 2.23. The number of benzene rings is 1. The lowest BCUT2D eigenvalue weighted by atomic mass is 10.0. The van der Waals surface area contributed by atoms with Crippen molar-refractivity contribution in [3.05, 3.63) is 35.4 Å². The van der Waals surface area contributed by atoms with Crippen molar-refractivity contribution in [2.24, 2.45) is 0 Å². The monoisotopic (exact) mass is 309 g/mol. The molecule has 0 fully saturated rings. The Bertz CT molecular complexity index is 416. The molecule has 0 radical (unpaired) electrons. The van der Waals surface area contributed by atoms with Gasteiger partial charge in [-0.05, 0) is 38.8 Å². The molecule has 0 saturated heterocycles. The standard InChI is InChI=1S/C18H31NOS/c1-5-7-8-14-21(20)16(4)18(19-13-6-2)17-11-9-15(3)10-12-17/h9-12,16,18-19H,5-8,13-14H2,1-4H3. The summed E-state index contributed by atoms with van der Waals surface area (Å²) in [5, 5.41) is 3.73. The molecule has 3 heteroatoms. The molecule has 3 atom stereocenters. The number of hydrogen-bond donors (Lipinski definition) is 1. The summed E-state index contributed by atoms with van der Waals surface area (Å²) < 4.78 is 12.5. The summed E-state index contributed by atoms with van der Waals surface area (Å²) in [6, 6.07) is 8.81. The van der Waals surface area contributed by atoms with Crippen molar-refractivity contribution in [2.75, 3.05) is 12.3 Å². The predicted molar refractivity (Wildman–Crippen MR) is 94.2 cm³/mol. The van der Waals surface area contributed by atoms with Crippen molar-refractivity contribution in [3.63, 3.8) is 0 Å². The van der Waals surface area contributed by atoms with Gasteiger partial charge >= 0.3 is 0 Å². The molecule has 0 heterocycles. The quantitative estimate of drug-likeness (QED) is 0.651. The van der Waals surface area contributed by atoms with Crippen molar-refractivity contribution in [1.82, 2.24) is 5.32 Å². The Morgan fingerprint density at radius 3 is 2.33 bits per heavy atom. The van der Waals surface area contributed by atoms with E-state index in [-0.39, 0.29) is 11.3 Å². The third-order valence-corrected chi connectivity index (χ3v) is 5.68. The van der Waals surface area contributed by atoms with Gasteiger partial charge < -0.3 is 5.32 Å². The van der Waals surface area contributed by atoms with Gasteiger partial charge in [-0.3, -0.25) is 4.21 Å². The first-order valence-corrected chi connectivity index (χ1v) is 9.65. The van der Waals surface area contributed by atoms with Crippen LogP contribution in [-0.4, -0.2) is 21.8 Å². The molecular weight excluding hydrogens is 278 g/mol. The van der Waals surface area contributed by atoms with E-state index in [0.717, 1.165) is 25.1 Å². The van der Waals surface area contributed by atoms with Crippen molar-refractivity contribution < 1.29 is 4.21 Å². The molecule has 0 bridgehead atoms. The lowest BCUT2D eigenvalue weighted by molar-refractivity contribution is 0.517. The molecule has 2 nitrogen and oxygen atoms in total. The third kappa shape index (κ3) is 6.31. The van der Waals surface area contributed by atoms with Crippen LogP contribution in [0.2, 0.25) is 0 Å². The Morgan fingerprint density at radius 1 is 1.10 bits per heavy atom. The van der Waals surface area contributed by atoms with Gasteiger partial charge in [-0.2, -0.15) is 0 Å². The molecule has 0 aliphatic heterocycles. The van der Waals surface area contributed by atoms with E-state index in [9.17, 15) is 4.21 Å². The molecule has 1 aromatic rings. The number of unbranched alkanes of at least 4 members (excludes halogenated alkanes) is 2. The van der Waals surface area contributed by atoms with Gasteiger partial charge in [0.05, 0.1) is 5.25 Å². The zero-order valence-corrected chi connectivity index (χ0v) is 14.8. The molecule has 1 N–H and O–H groups in total. The van der Waals surface area contributed by atoms with Crippen molar-refractivity contribution in [1.29, 1.82) is 0 Å². The average molecular weight is 310 g/mol. The highest BCUT2D eigenvalue weighted by Crippen LogP contribution is 2.22. The summed E-state index contributed by atoms with van der Waals surface area (Å²) in [6.45, 7) is 9.54. The Hall–Kier alpha value is -0.670. The first-order valence-electron chi connectivity index (χ1n) is 8.27. The van der Waals surface area contributed by atoms with E-state index in [1.54, 1.807) is 0 Å². The second kappa shape index (κ2) is 10.1. The zero-order chi connectivity index (χ0) is 15.7. The second-order valence-electron chi connectivity index (χ2n) is 5.84. The predicted octanol–water partition coefficient (Wildman–Crippen LogP) is 4.36. The Balaban J connectivity index is 2.75. The molecule has 0 aliphatic rings. The molecule has 0 aromatic heterocycles. The Labute approximate surface area is 133 Å². The first-order chi connectivity index (χ1) is 10.1. The van der Waals surface area contributed by atoms with Gasteiger partial charge in [0.15, 0.2) is 0 Å². The lowest BCUT2D eigenvalue weighted by Gasteiger charge is -2.25. The van der Waals surface area contributed by atoms with Gasteiger partial charge in [0.1, 0.15) is 0 Å². The van der Waals surface area contributed by atoms with Crippen molar-refractivity contribution >= 4 is 10.8 Å². The van der Waals surface area contributed by atoms with Crippen LogP contribution < -0.4 is 5.32 Å². The lowest BCUT2D eigenvalue weighted by Crippen LogP contribution is -2.34. The van der Waals surface area contributed by atoms with E-state index in [2.05, 4.69) is 57.3 Å². The maximum absolute atomic E-state index is 12.5. The fourth-order valence-electron chi connectivity index (χ4n) is 2.46. The summed E-state index contributed by atoms with van der Waals surface area (Å²) in [6.07, 6.45) is 4.52. The van der Waals surface area contributed by atoms with Crippen LogP contribution in [0.4, 0.5) is 0 Å². The van der Waals surface area contributed by atoms with Gasteiger partial charge in [0.2, 0.25) is 0 Å². The summed E-state index contributed by atoms with van der Waals surface area (Å²) in [4.78, 5) is 0. The van der Waals surface area contributed by atoms with Crippen LogP contribution >= 0.6 is 0 Å². The Morgan fingerprint density at radius 2 is 1.76 bits per heavy atom. The topological polar surface area (TPSA) is 29.1 Å². The van der Waals surface area contributed by atoms with Crippen molar-refractivity contribution in [2.45, 2.75) is 64.7 Å². The Kier molecular flexibility index (Phi) is 8.86. The minimum Gasteiger partial charge on any atom is -0.309 e. The second-order valence-corrected chi connectivity index (χ2v) is 7.75. The highest BCUT2D eigenvalue weighted by molar-refractivity contribution is 7.85. The fraction of sp³-hybridized carbons (Fsp3) is 0.667. The van der Waals surface area contributed by atoms with Gasteiger partial charge in [-0.15, -0.1) is 0 Å². The smallest absolute Gasteiger partial charge is 0.0514 e. The van der Waals surface area contributed by atoms with E-state index in [1.807, 2.05) is 0 Å². The minimum atomic E-state index is -0.768. The molecule has 0 spiro atoms. The zero-order valence-electron chi connectivity index (χ0n) is 14.0. The summed E-state index contributed by atoms with van der Waals surface area (Å²) >= 11 is 0. The molecule has 0 aliphatic carbocycles. The van der Waals surface area contributed by atoms with E-state index in [4.69, 9.17) is 0 Å². The molecule has 21 heavy (non-hydrogen) atoms. The third-order valence-electron chi connectivity index (χ3n) is 3.88. The summed E-state index contributed by atoms with van der Waals surface area (Å²) in [7, 11) is -0.768. The van der Waals surface area contributed by atoms with E-state index in [1.165, 1.54) is 24.0 Å². The van der Waals surface area contributed by atoms with Crippen LogP contribution in [0.1, 0.15) is 63.6 Å². The van der Waals surface area contributed by atoms with Crippen molar-refractivity contribution in [3.8, 4) is 0 Å². The average Bonchev–Trinajstić information content (AvgIpc) is 2.49. The van der Waals surface area contributed by atoms with Crippen LogP contribution in [0.25, 0.3) is 0 Å². The molecule has 0 saturated carbocycles. The van der Waals surface area contributed by atoms with Crippen LogP contribution in [0.15, 0.2) is 24.3 Å². The SMILES string of the molecule is CCCCCS(=O)C(C)C(NCCC)c1ccc(C)cc1. The highest BCUT2D eigenvalue weighted by atomic mass is 32.2. The van der Waals surface area contributed by atoms with Crippen LogP contribution in [0, 0.1) is 6.92 Å². The summed E-state index contributed by atoms with van der Waals surface area (Å²) in [5.41, 5.74) is 2.52.